The van der Waals surface area contributed by atoms with Gasteiger partial charge in [0.2, 0.25) is 6.29 Å². The summed E-state index contributed by atoms with van der Waals surface area (Å²) in [6.07, 6.45) is -1.07. The van der Waals surface area contributed by atoms with Crippen LogP contribution in [-0.2, 0) is 20.8 Å². The Morgan fingerprint density at radius 3 is 1.49 bits per heavy atom. The van der Waals surface area contributed by atoms with Crippen LogP contribution in [-0.4, -0.2) is 28.8 Å². The van der Waals surface area contributed by atoms with Crippen molar-refractivity contribution >= 4 is 50.4 Å². The molecule has 10 nitrogen and oxygen atoms in total. The normalized spacial score (nSPS) is 14.4. The number of cyclic esters (lactones) is 3. The number of hydrogen-bond acceptors (Lipinski definition) is 10. The zero-order valence-electron chi connectivity index (χ0n) is 36.4. The summed E-state index contributed by atoms with van der Waals surface area (Å²) in [6, 6.07) is 35.8. The van der Waals surface area contributed by atoms with Crippen LogP contribution in [0.2, 0.25) is 0 Å². The largest absolute Gasteiger partial charge is 0.457 e. The molecule has 1 aromatic heterocycles. The number of ketones is 1. The SMILES string of the molecule is CC.CC.CC.CC.CC.O=C1OC(Br)c2ccccc21.O=C1OC(O)c2ccccc21.O=C1OCc2ccccc21.O=C1c2ccccc2-c2oc(=O)c3ccccc3c21. The first-order chi connectivity index (χ1) is 29.7. The minimum Gasteiger partial charge on any atom is -0.457 e. The third kappa shape index (κ3) is 12.0. The highest BCUT2D eigenvalue weighted by molar-refractivity contribution is 9.09. The number of aliphatic hydroxyl groups excluding tert-OH is 1. The van der Waals surface area contributed by atoms with Crippen LogP contribution >= 0.6 is 15.9 Å². The molecule has 1 N–H and O–H groups in total. The van der Waals surface area contributed by atoms with E-state index >= 15 is 0 Å². The number of halogens is 1. The standard InChI is InChI=1S/C16H8O3.C8H5BrO2.C8H6O3.C8H6O2.5C2H6/c17-14-10-6-2-3-7-11(10)15-13(14)9-5-1-4-8-12(9)16(18)19-15;2*9-7-5-3-1-2-4-6(5)8(10)11-7;9-8-7-4-2-1-3-6(7)5-10-8;5*1-2/h1-8H;1-4,7H;1-4,7,9H;1-4H,5H2;5*1-2H3. The van der Waals surface area contributed by atoms with Gasteiger partial charge in [0.05, 0.1) is 27.6 Å². The molecule has 322 valence electrons. The Kier molecular flexibility index (Phi) is 21.8. The third-order valence-corrected chi connectivity index (χ3v) is 9.06. The quantitative estimate of drug-likeness (QED) is 0.0886. The van der Waals surface area contributed by atoms with Crippen molar-refractivity contribution in [2.75, 3.05) is 0 Å². The molecular weight excluding hydrogens is 840 g/mol. The van der Waals surface area contributed by atoms with E-state index in [2.05, 4.69) is 20.7 Å². The van der Waals surface area contributed by atoms with Gasteiger partial charge in [-0.3, -0.25) is 4.79 Å². The molecule has 1 aliphatic carbocycles. The van der Waals surface area contributed by atoms with Crippen LogP contribution in [0, 0.1) is 0 Å². The van der Waals surface area contributed by atoms with Crippen LogP contribution in [0.4, 0.5) is 0 Å². The van der Waals surface area contributed by atoms with Crippen molar-refractivity contribution in [3.05, 3.63) is 176 Å². The van der Waals surface area contributed by atoms with Gasteiger partial charge in [-0.15, -0.1) is 0 Å². The van der Waals surface area contributed by atoms with E-state index in [-0.39, 0.29) is 22.7 Å². The zero-order valence-corrected chi connectivity index (χ0v) is 38.0. The summed E-state index contributed by atoms with van der Waals surface area (Å²) >= 11 is 3.23. The fraction of sp³-hybridized carbons (Fsp3) is 0.260. The maximum absolute atomic E-state index is 12.5. The van der Waals surface area contributed by atoms with Gasteiger partial charge in [0.1, 0.15) is 6.61 Å². The van der Waals surface area contributed by atoms with Crippen molar-refractivity contribution in [3.63, 3.8) is 0 Å². The first-order valence-corrected chi connectivity index (χ1v) is 21.5. The molecular formula is C50H55BrO10. The van der Waals surface area contributed by atoms with Crippen LogP contribution in [0.15, 0.2) is 131 Å². The number of hydrogen-bond donors (Lipinski definition) is 1. The fourth-order valence-corrected chi connectivity index (χ4v) is 6.49. The van der Waals surface area contributed by atoms with E-state index in [4.69, 9.17) is 19.0 Å². The minimum absolute atomic E-state index is 0.0782. The lowest BCUT2D eigenvalue weighted by molar-refractivity contribution is -0.0548. The molecule has 6 aromatic rings. The molecule has 61 heavy (non-hydrogen) atoms. The van der Waals surface area contributed by atoms with Gasteiger partial charge >= 0.3 is 23.5 Å². The van der Waals surface area contributed by atoms with E-state index in [1.54, 1.807) is 66.7 Å². The van der Waals surface area contributed by atoms with Crippen molar-refractivity contribution in [1.29, 1.82) is 0 Å². The first kappa shape index (κ1) is 51.0. The zero-order chi connectivity index (χ0) is 45.6. The van der Waals surface area contributed by atoms with Gasteiger partial charge in [0, 0.05) is 33.2 Å². The van der Waals surface area contributed by atoms with E-state index < -0.39 is 17.9 Å². The van der Waals surface area contributed by atoms with Crippen LogP contribution in [0.5, 0.6) is 0 Å². The molecule has 0 bridgehead atoms. The van der Waals surface area contributed by atoms with E-state index in [9.17, 15) is 24.0 Å². The van der Waals surface area contributed by atoms with Gasteiger partial charge in [-0.2, -0.15) is 0 Å². The summed E-state index contributed by atoms with van der Waals surface area (Å²) in [5, 5.41) is 9.96. The number of carbonyl (C=O) groups is 4. The van der Waals surface area contributed by atoms with Crippen LogP contribution in [0.3, 0.4) is 0 Å². The van der Waals surface area contributed by atoms with Crippen molar-refractivity contribution in [1.82, 2.24) is 0 Å². The fourth-order valence-electron chi connectivity index (χ4n) is 5.92. The average molecular weight is 896 g/mol. The average Bonchev–Trinajstić information content (AvgIpc) is 4.04. The van der Waals surface area contributed by atoms with Gasteiger partial charge < -0.3 is 23.7 Å². The Morgan fingerprint density at radius 1 is 0.492 bits per heavy atom. The Hall–Kier alpha value is -6.17. The van der Waals surface area contributed by atoms with Crippen molar-refractivity contribution in [3.8, 4) is 11.3 Å². The summed E-state index contributed by atoms with van der Waals surface area (Å²) in [6.45, 7) is 20.4. The minimum atomic E-state index is -1.07. The summed E-state index contributed by atoms with van der Waals surface area (Å²) in [5.41, 5.74) is 5.68. The second-order valence-electron chi connectivity index (χ2n) is 11.4. The molecule has 10 rings (SSSR count). The lowest BCUT2D eigenvalue weighted by atomic mass is 10.0. The first-order valence-electron chi connectivity index (χ1n) is 20.6. The number of carbonyl (C=O) groups excluding carboxylic acids is 4. The molecule has 4 aliphatic rings. The Labute approximate surface area is 366 Å². The summed E-state index contributed by atoms with van der Waals surface area (Å²) < 4.78 is 19.6. The Balaban J connectivity index is 0.000000270. The maximum atomic E-state index is 12.5. The molecule has 2 unspecified atom stereocenters. The van der Waals surface area contributed by atoms with E-state index in [0.29, 0.717) is 62.1 Å². The lowest BCUT2D eigenvalue weighted by Crippen LogP contribution is -2.04. The Morgan fingerprint density at radius 2 is 0.934 bits per heavy atom. The number of alkyl halides is 1. The van der Waals surface area contributed by atoms with Gasteiger partial charge in [-0.25, -0.2) is 19.2 Å². The second-order valence-corrected chi connectivity index (χ2v) is 12.2. The smallest absolute Gasteiger partial charge is 0.344 e. The van der Waals surface area contributed by atoms with Gasteiger partial charge in [0.15, 0.2) is 16.6 Å². The van der Waals surface area contributed by atoms with Crippen LogP contribution in [0.1, 0.15) is 144 Å². The molecule has 0 spiro atoms. The van der Waals surface area contributed by atoms with Crippen LogP contribution in [0.25, 0.3) is 22.1 Å². The second kappa shape index (κ2) is 26.1. The van der Waals surface area contributed by atoms with Crippen molar-refractivity contribution in [2.45, 2.75) is 87.1 Å². The van der Waals surface area contributed by atoms with Gasteiger partial charge in [0.25, 0.3) is 0 Å². The summed E-state index contributed by atoms with van der Waals surface area (Å²) in [4.78, 5) is 57.2. The van der Waals surface area contributed by atoms with Gasteiger partial charge in [-0.1, -0.05) is 166 Å². The number of aliphatic hydroxyl groups is 1. The predicted molar refractivity (Wildman–Crippen MR) is 244 cm³/mol. The highest BCUT2D eigenvalue weighted by Gasteiger charge is 2.32. The summed E-state index contributed by atoms with van der Waals surface area (Å²) in [5.74, 6) is -0.582. The van der Waals surface area contributed by atoms with E-state index in [0.717, 1.165) is 11.1 Å². The third-order valence-electron chi connectivity index (χ3n) is 8.38. The molecule has 0 saturated carbocycles. The highest BCUT2D eigenvalue weighted by atomic mass is 79.9. The van der Waals surface area contributed by atoms with E-state index in [1.165, 1.54) is 0 Å². The molecule has 4 heterocycles. The molecule has 5 aromatic carbocycles. The monoisotopic (exact) mass is 894 g/mol. The predicted octanol–water partition coefficient (Wildman–Crippen LogP) is 12.6. The number of rotatable bonds is 0. The lowest BCUT2D eigenvalue weighted by Gasteiger charge is -2.02. The van der Waals surface area contributed by atoms with Crippen molar-refractivity contribution < 1.29 is 42.9 Å². The number of ether oxygens (including phenoxy) is 3. The van der Waals surface area contributed by atoms with E-state index in [1.807, 2.05) is 124 Å². The molecule has 0 fully saturated rings. The van der Waals surface area contributed by atoms with Crippen molar-refractivity contribution in [2.24, 2.45) is 0 Å². The molecule has 11 heteroatoms. The van der Waals surface area contributed by atoms with Gasteiger partial charge in [-0.05, 0) is 40.2 Å². The maximum Gasteiger partial charge on any atom is 0.344 e. The summed E-state index contributed by atoms with van der Waals surface area (Å²) in [7, 11) is 0. The number of esters is 3. The molecule has 0 radical (unpaired) electrons. The molecule has 3 aliphatic heterocycles. The number of benzene rings is 5. The highest BCUT2D eigenvalue weighted by Crippen LogP contribution is 2.39. The Bertz CT molecular complexity index is 2370. The van der Waals surface area contributed by atoms with Crippen LogP contribution < -0.4 is 5.63 Å². The molecule has 2 atom stereocenters. The molecule has 0 amide bonds. The molecule has 0 saturated heterocycles. The topological polar surface area (TPSA) is 146 Å². The number of fused-ring (bicyclic) bond motifs is 8.